The molecule has 2 aromatic rings. The van der Waals surface area contributed by atoms with Crippen LogP contribution in [0.15, 0.2) is 44.4 Å². The van der Waals surface area contributed by atoms with Crippen molar-refractivity contribution in [2.24, 2.45) is 5.10 Å². The van der Waals surface area contributed by atoms with Crippen LogP contribution in [0.3, 0.4) is 0 Å². The molecular formula is C15H11Br2ClN2O4. The molecule has 0 aromatic heterocycles. The predicted molar refractivity (Wildman–Crippen MR) is 97.9 cm³/mol. The second-order valence-corrected chi connectivity index (χ2v) is 6.58. The minimum absolute atomic E-state index is 0.121. The molecule has 0 bridgehead atoms. The van der Waals surface area contributed by atoms with Gasteiger partial charge in [0.25, 0.3) is 5.91 Å². The van der Waals surface area contributed by atoms with Crippen molar-refractivity contribution in [2.45, 2.75) is 0 Å². The van der Waals surface area contributed by atoms with Gasteiger partial charge in [0.2, 0.25) is 0 Å². The van der Waals surface area contributed by atoms with Gasteiger partial charge in [-0.3, -0.25) is 4.79 Å². The molecule has 24 heavy (non-hydrogen) atoms. The number of nitrogens with one attached hydrogen (secondary N) is 1. The van der Waals surface area contributed by atoms with Crippen molar-refractivity contribution >= 4 is 55.6 Å². The van der Waals surface area contributed by atoms with Crippen molar-refractivity contribution in [3.63, 3.8) is 0 Å². The molecule has 1 amide bonds. The average Bonchev–Trinajstić information content (AvgIpc) is 2.57. The third-order valence-electron chi connectivity index (χ3n) is 2.77. The van der Waals surface area contributed by atoms with E-state index < -0.39 is 5.91 Å². The van der Waals surface area contributed by atoms with Gasteiger partial charge in [0.15, 0.2) is 6.61 Å². The summed E-state index contributed by atoms with van der Waals surface area (Å²) in [4.78, 5) is 11.6. The quantitative estimate of drug-likeness (QED) is 0.450. The summed E-state index contributed by atoms with van der Waals surface area (Å²) in [5.41, 5.74) is 2.57. The molecule has 3 N–H and O–H groups in total. The maximum atomic E-state index is 11.6. The van der Waals surface area contributed by atoms with Gasteiger partial charge in [-0.15, -0.1) is 0 Å². The van der Waals surface area contributed by atoms with E-state index in [9.17, 15) is 15.0 Å². The highest BCUT2D eigenvalue weighted by atomic mass is 79.9. The lowest BCUT2D eigenvalue weighted by molar-refractivity contribution is -0.123. The van der Waals surface area contributed by atoms with Crippen LogP contribution in [-0.4, -0.2) is 28.9 Å². The lowest BCUT2D eigenvalue weighted by Gasteiger charge is -2.07. The molecule has 0 saturated carbocycles. The number of carbonyl (C=O) groups is 1. The second-order valence-electron chi connectivity index (χ2n) is 4.49. The first-order valence-corrected chi connectivity index (χ1v) is 8.45. The van der Waals surface area contributed by atoms with E-state index >= 15 is 0 Å². The van der Waals surface area contributed by atoms with Crippen LogP contribution in [0.1, 0.15) is 5.56 Å². The number of rotatable bonds is 5. The van der Waals surface area contributed by atoms with Crippen LogP contribution in [0.25, 0.3) is 0 Å². The predicted octanol–water partition coefficient (Wildman–Crippen LogP) is 3.81. The Morgan fingerprint density at radius 3 is 2.58 bits per heavy atom. The zero-order chi connectivity index (χ0) is 17.7. The Hall–Kier alpha value is -1.77. The number of amides is 1. The summed E-state index contributed by atoms with van der Waals surface area (Å²) >= 11 is 11.9. The van der Waals surface area contributed by atoms with Crippen molar-refractivity contribution in [3.8, 4) is 17.2 Å². The summed E-state index contributed by atoms with van der Waals surface area (Å²) < 4.78 is 5.75. The standard InChI is InChI=1S/C15H11Br2ClN2O4/c16-11-5-8(14(22)13(17)15(11)23)6-19-20-12(21)7-24-10-3-1-9(18)2-4-10/h1-6,22-23H,7H2,(H,20,21)/b19-6-. The fourth-order valence-electron chi connectivity index (χ4n) is 1.60. The van der Waals surface area contributed by atoms with Crippen molar-refractivity contribution in [2.75, 3.05) is 6.61 Å². The van der Waals surface area contributed by atoms with E-state index in [4.69, 9.17) is 16.3 Å². The zero-order valence-electron chi connectivity index (χ0n) is 12.0. The van der Waals surface area contributed by atoms with Crippen LogP contribution in [0.4, 0.5) is 0 Å². The molecule has 0 heterocycles. The van der Waals surface area contributed by atoms with Crippen LogP contribution in [0.2, 0.25) is 5.02 Å². The molecule has 0 spiro atoms. The first-order valence-electron chi connectivity index (χ1n) is 6.48. The van der Waals surface area contributed by atoms with E-state index in [1.165, 1.54) is 12.3 Å². The van der Waals surface area contributed by atoms with Crippen LogP contribution in [-0.2, 0) is 4.79 Å². The number of hydrogen-bond acceptors (Lipinski definition) is 5. The number of hydrogen-bond donors (Lipinski definition) is 3. The number of phenolic OH excluding ortho intramolecular Hbond substituents is 2. The number of aromatic hydroxyl groups is 2. The zero-order valence-corrected chi connectivity index (χ0v) is 15.9. The molecule has 0 aliphatic carbocycles. The summed E-state index contributed by atoms with van der Waals surface area (Å²) in [5, 5.41) is 23.8. The molecule has 6 nitrogen and oxygen atoms in total. The molecule has 9 heteroatoms. The summed E-state index contributed by atoms with van der Waals surface area (Å²) in [7, 11) is 0. The fourth-order valence-corrected chi connectivity index (χ4v) is 2.88. The number of phenols is 2. The van der Waals surface area contributed by atoms with Gasteiger partial charge in [0, 0.05) is 10.6 Å². The molecule has 2 aromatic carbocycles. The Balaban J connectivity index is 1.92. The van der Waals surface area contributed by atoms with Gasteiger partial charge in [-0.25, -0.2) is 5.43 Å². The van der Waals surface area contributed by atoms with E-state index in [2.05, 4.69) is 42.4 Å². The molecule has 0 atom stereocenters. The maximum absolute atomic E-state index is 11.6. The van der Waals surface area contributed by atoms with E-state index in [1.807, 2.05) is 0 Å². The van der Waals surface area contributed by atoms with Gasteiger partial charge >= 0.3 is 0 Å². The maximum Gasteiger partial charge on any atom is 0.277 e. The smallest absolute Gasteiger partial charge is 0.277 e. The normalized spacial score (nSPS) is 10.8. The van der Waals surface area contributed by atoms with Gasteiger partial charge in [-0.05, 0) is 62.2 Å². The minimum Gasteiger partial charge on any atom is -0.506 e. The molecule has 0 radical (unpaired) electrons. The Bertz CT molecular complexity index is 782. The molecule has 0 aliphatic heterocycles. The Labute approximate surface area is 159 Å². The van der Waals surface area contributed by atoms with Crippen molar-refractivity contribution in [3.05, 3.63) is 49.9 Å². The first kappa shape index (κ1) is 18.6. The number of ether oxygens (including phenoxy) is 1. The molecule has 0 fully saturated rings. The number of hydrazone groups is 1. The van der Waals surface area contributed by atoms with Crippen LogP contribution in [0, 0.1) is 0 Å². The summed E-state index contributed by atoms with van der Waals surface area (Å²) in [6.07, 6.45) is 1.24. The van der Waals surface area contributed by atoms with Gasteiger partial charge in [0.05, 0.1) is 10.7 Å². The molecular weight excluding hydrogens is 467 g/mol. The Morgan fingerprint density at radius 2 is 1.92 bits per heavy atom. The van der Waals surface area contributed by atoms with Crippen molar-refractivity contribution in [1.29, 1.82) is 0 Å². The van der Waals surface area contributed by atoms with Crippen LogP contribution in [0.5, 0.6) is 17.2 Å². The number of halogens is 3. The monoisotopic (exact) mass is 476 g/mol. The molecule has 0 saturated heterocycles. The highest BCUT2D eigenvalue weighted by Gasteiger charge is 2.12. The Morgan fingerprint density at radius 1 is 1.25 bits per heavy atom. The van der Waals surface area contributed by atoms with Gasteiger partial charge < -0.3 is 14.9 Å². The summed E-state index contributed by atoms with van der Waals surface area (Å²) in [6.45, 7) is -0.228. The third-order valence-corrected chi connectivity index (χ3v) is 4.38. The summed E-state index contributed by atoms with van der Waals surface area (Å²) in [5.74, 6) is -0.309. The van der Waals surface area contributed by atoms with Crippen LogP contribution >= 0.6 is 43.5 Å². The topological polar surface area (TPSA) is 91.2 Å². The van der Waals surface area contributed by atoms with Crippen molar-refractivity contribution < 1.29 is 19.7 Å². The number of carbonyl (C=O) groups excluding carboxylic acids is 1. The lowest BCUT2D eigenvalue weighted by Crippen LogP contribution is -2.24. The average molecular weight is 479 g/mol. The fraction of sp³-hybridized carbons (Fsp3) is 0.0667. The largest absolute Gasteiger partial charge is 0.506 e. The summed E-state index contributed by atoms with van der Waals surface area (Å²) in [6, 6.07) is 8.03. The van der Waals surface area contributed by atoms with Crippen LogP contribution < -0.4 is 10.2 Å². The van der Waals surface area contributed by atoms with E-state index in [0.717, 1.165) is 0 Å². The third kappa shape index (κ3) is 4.86. The molecule has 126 valence electrons. The highest BCUT2D eigenvalue weighted by molar-refractivity contribution is 9.11. The van der Waals surface area contributed by atoms with Crippen molar-refractivity contribution in [1.82, 2.24) is 5.43 Å². The number of benzene rings is 2. The van der Waals surface area contributed by atoms with Gasteiger partial charge in [-0.2, -0.15) is 5.10 Å². The Kier molecular flexibility index (Phi) is 6.47. The van der Waals surface area contributed by atoms with Gasteiger partial charge in [-0.1, -0.05) is 11.6 Å². The molecule has 0 unspecified atom stereocenters. The first-order chi connectivity index (χ1) is 11.4. The van der Waals surface area contributed by atoms with E-state index in [0.29, 0.717) is 20.8 Å². The number of nitrogens with zero attached hydrogens (tertiary/aromatic N) is 1. The molecule has 0 aliphatic rings. The lowest BCUT2D eigenvalue weighted by atomic mass is 10.2. The second kappa shape index (κ2) is 8.36. The van der Waals surface area contributed by atoms with Gasteiger partial charge in [0.1, 0.15) is 21.7 Å². The highest BCUT2D eigenvalue weighted by Crippen LogP contribution is 2.40. The SMILES string of the molecule is O=C(COc1ccc(Cl)cc1)N/N=C\c1cc(Br)c(O)c(Br)c1O. The van der Waals surface area contributed by atoms with E-state index in [1.54, 1.807) is 24.3 Å². The van der Waals surface area contributed by atoms with E-state index in [-0.39, 0.29) is 22.6 Å². The minimum atomic E-state index is -0.474. The molecule has 2 rings (SSSR count).